The number of benzene rings is 2. The number of anilines is 1. The highest BCUT2D eigenvalue weighted by Gasteiger charge is 2.23. The third-order valence-corrected chi connectivity index (χ3v) is 3.81. The molecule has 0 saturated carbocycles. The second-order valence-corrected chi connectivity index (χ2v) is 5.82. The van der Waals surface area contributed by atoms with E-state index in [0.29, 0.717) is 17.2 Å². The minimum Gasteiger partial charge on any atom is -0.454 e. The van der Waals surface area contributed by atoms with Gasteiger partial charge < -0.3 is 19.7 Å². The summed E-state index contributed by atoms with van der Waals surface area (Å²) in [4.78, 5) is 25.7. The SMILES string of the molecule is CN(CC(=O)Nc1ccc(F)cc1)C(=O)c1cc(Cl)c2c(c1)OCO2. The maximum atomic E-state index is 12.9. The summed E-state index contributed by atoms with van der Waals surface area (Å²) in [5, 5.41) is 2.86. The largest absolute Gasteiger partial charge is 0.454 e. The summed E-state index contributed by atoms with van der Waals surface area (Å²) in [6, 6.07) is 8.33. The summed E-state index contributed by atoms with van der Waals surface area (Å²) >= 11 is 6.06. The van der Waals surface area contributed by atoms with Gasteiger partial charge in [-0.3, -0.25) is 9.59 Å². The molecule has 130 valence electrons. The number of hydrogen-bond acceptors (Lipinski definition) is 4. The lowest BCUT2D eigenvalue weighted by Crippen LogP contribution is -2.34. The van der Waals surface area contributed by atoms with Gasteiger partial charge in [0.15, 0.2) is 11.5 Å². The van der Waals surface area contributed by atoms with Crippen LogP contribution >= 0.6 is 11.6 Å². The van der Waals surface area contributed by atoms with Crippen LogP contribution in [0.25, 0.3) is 0 Å². The van der Waals surface area contributed by atoms with Crippen molar-refractivity contribution in [2.24, 2.45) is 0 Å². The number of nitrogens with zero attached hydrogens (tertiary/aromatic N) is 1. The Bertz CT molecular complexity index is 826. The van der Waals surface area contributed by atoms with Crippen LogP contribution in [0.3, 0.4) is 0 Å². The number of carbonyl (C=O) groups is 2. The molecular formula is C17H14ClFN2O4. The molecule has 0 atom stereocenters. The fourth-order valence-electron chi connectivity index (χ4n) is 2.33. The molecular weight excluding hydrogens is 351 g/mol. The molecule has 2 amide bonds. The second kappa shape index (κ2) is 6.98. The molecule has 0 bridgehead atoms. The first kappa shape index (κ1) is 17.0. The Kier molecular flexibility index (Phi) is 4.76. The van der Waals surface area contributed by atoms with Crippen LogP contribution in [0.2, 0.25) is 5.02 Å². The van der Waals surface area contributed by atoms with Gasteiger partial charge in [0.05, 0.1) is 11.6 Å². The molecule has 0 radical (unpaired) electrons. The van der Waals surface area contributed by atoms with Crippen molar-refractivity contribution in [3.05, 3.63) is 52.8 Å². The van der Waals surface area contributed by atoms with E-state index >= 15 is 0 Å². The maximum absolute atomic E-state index is 12.9. The van der Waals surface area contributed by atoms with Crippen molar-refractivity contribution >= 4 is 29.1 Å². The van der Waals surface area contributed by atoms with Crippen LogP contribution in [-0.2, 0) is 4.79 Å². The number of rotatable bonds is 4. The number of likely N-dealkylation sites (N-methyl/N-ethyl adjacent to an activating group) is 1. The molecule has 3 rings (SSSR count). The molecule has 0 fully saturated rings. The van der Waals surface area contributed by atoms with Crippen molar-refractivity contribution < 1.29 is 23.5 Å². The Labute approximate surface area is 148 Å². The average molecular weight is 365 g/mol. The Hall–Kier alpha value is -2.80. The lowest BCUT2D eigenvalue weighted by Gasteiger charge is -2.17. The molecule has 8 heteroatoms. The number of amides is 2. The van der Waals surface area contributed by atoms with Gasteiger partial charge in [-0.2, -0.15) is 0 Å². The van der Waals surface area contributed by atoms with Crippen molar-refractivity contribution in [2.45, 2.75) is 0 Å². The van der Waals surface area contributed by atoms with Crippen LogP contribution in [0.1, 0.15) is 10.4 Å². The van der Waals surface area contributed by atoms with Gasteiger partial charge in [0, 0.05) is 18.3 Å². The summed E-state index contributed by atoms with van der Waals surface area (Å²) in [6.07, 6.45) is 0. The number of nitrogens with one attached hydrogen (secondary N) is 1. The predicted molar refractivity (Wildman–Crippen MR) is 89.6 cm³/mol. The number of fused-ring (bicyclic) bond motifs is 1. The monoisotopic (exact) mass is 364 g/mol. The summed E-state index contributed by atoms with van der Waals surface area (Å²) in [5.74, 6) is -0.413. The molecule has 2 aromatic carbocycles. The highest BCUT2D eigenvalue weighted by atomic mass is 35.5. The van der Waals surface area contributed by atoms with Gasteiger partial charge in [0.1, 0.15) is 5.82 Å². The Balaban J connectivity index is 1.65. The van der Waals surface area contributed by atoms with E-state index < -0.39 is 17.6 Å². The van der Waals surface area contributed by atoms with Crippen molar-refractivity contribution in [2.75, 3.05) is 25.7 Å². The quantitative estimate of drug-likeness (QED) is 0.905. The molecule has 25 heavy (non-hydrogen) atoms. The molecule has 1 aliphatic rings. The molecule has 6 nitrogen and oxygen atoms in total. The molecule has 0 aliphatic carbocycles. The van der Waals surface area contributed by atoms with Crippen molar-refractivity contribution in [1.82, 2.24) is 4.90 Å². The average Bonchev–Trinajstić information content (AvgIpc) is 3.05. The van der Waals surface area contributed by atoms with Crippen LogP contribution in [0, 0.1) is 5.82 Å². The van der Waals surface area contributed by atoms with Gasteiger partial charge in [-0.05, 0) is 36.4 Å². The molecule has 0 aromatic heterocycles. The van der Waals surface area contributed by atoms with E-state index in [-0.39, 0.29) is 23.9 Å². The molecule has 1 N–H and O–H groups in total. The highest BCUT2D eigenvalue weighted by molar-refractivity contribution is 6.32. The van der Waals surface area contributed by atoms with Crippen LogP contribution in [0.4, 0.5) is 10.1 Å². The summed E-state index contributed by atoms with van der Waals surface area (Å²) in [7, 11) is 1.49. The van der Waals surface area contributed by atoms with E-state index in [1.54, 1.807) is 0 Å². The summed E-state index contributed by atoms with van der Waals surface area (Å²) < 4.78 is 23.3. The zero-order chi connectivity index (χ0) is 18.0. The van der Waals surface area contributed by atoms with Crippen LogP contribution < -0.4 is 14.8 Å². The standard InChI is InChI=1S/C17H14ClFN2O4/c1-21(8-15(22)20-12-4-2-11(19)3-5-12)17(23)10-6-13(18)16-14(7-10)24-9-25-16/h2-7H,8-9H2,1H3,(H,20,22). The van der Waals surface area contributed by atoms with Gasteiger partial charge in [0.2, 0.25) is 12.7 Å². The smallest absolute Gasteiger partial charge is 0.254 e. The molecule has 0 saturated heterocycles. The van der Waals surface area contributed by atoms with Gasteiger partial charge in [-0.1, -0.05) is 11.6 Å². The maximum Gasteiger partial charge on any atom is 0.254 e. The third-order valence-electron chi connectivity index (χ3n) is 3.53. The summed E-state index contributed by atoms with van der Waals surface area (Å²) in [5.41, 5.74) is 0.727. The lowest BCUT2D eigenvalue weighted by molar-refractivity contribution is -0.116. The van der Waals surface area contributed by atoms with Gasteiger partial charge in [-0.15, -0.1) is 0 Å². The van der Waals surface area contributed by atoms with E-state index in [9.17, 15) is 14.0 Å². The number of ether oxygens (including phenoxy) is 2. The predicted octanol–water partition coefficient (Wildman–Crippen LogP) is 2.92. The van der Waals surface area contributed by atoms with Crippen molar-refractivity contribution in [3.63, 3.8) is 0 Å². The molecule has 1 aliphatic heterocycles. The first-order chi connectivity index (χ1) is 11.9. The minimum absolute atomic E-state index is 0.0443. The van der Waals surface area contributed by atoms with Crippen molar-refractivity contribution in [3.8, 4) is 11.5 Å². The van der Waals surface area contributed by atoms with Crippen molar-refractivity contribution in [1.29, 1.82) is 0 Å². The zero-order valence-corrected chi connectivity index (χ0v) is 14.0. The first-order valence-corrected chi connectivity index (χ1v) is 7.72. The Morgan fingerprint density at radius 3 is 2.68 bits per heavy atom. The first-order valence-electron chi connectivity index (χ1n) is 7.34. The van der Waals surface area contributed by atoms with Crippen LogP contribution in [0.5, 0.6) is 11.5 Å². The Morgan fingerprint density at radius 2 is 1.96 bits per heavy atom. The fraction of sp³-hybridized carbons (Fsp3) is 0.176. The van der Waals surface area contributed by atoms with E-state index in [4.69, 9.17) is 21.1 Å². The van der Waals surface area contributed by atoms with Crippen LogP contribution in [-0.4, -0.2) is 37.1 Å². The lowest BCUT2D eigenvalue weighted by atomic mass is 10.1. The van der Waals surface area contributed by atoms with Gasteiger partial charge >= 0.3 is 0 Å². The molecule has 0 unspecified atom stereocenters. The Morgan fingerprint density at radius 1 is 1.24 bits per heavy atom. The number of halogens is 2. The summed E-state index contributed by atoms with van der Waals surface area (Å²) in [6.45, 7) is -0.134. The topological polar surface area (TPSA) is 67.9 Å². The van der Waals surface area contributed by atoms with Crippen LogP contribution in [0.15, 0.2) is 36.4 Å². The second-order valence-electron chi connectivity index (χ2n) is 5.41. The van der Waals surface area contributed by atoms with Gasteiger partial charge in [0.25, 0.3) is 5.91 Å². The molecule has 0 spiro atoms. The van der Waals surface area contributed by atoms with E-state index in [1.807, 2.05) is 0 Å². The zero-order valence-electron chi connectivity index (χ0n) is 13.2. The minimum atomic E-state index is -0.408. The number of hydrogen-bond donors (Lipinski definition) is 1. The third kappa shape index (κ3) is 3.83. The molecule has 1 heterocycles. The fourth-order valence-corrected chi connectivity index (χ4v) is 2.60. The van der Waals surface area contributed by atoms with E-state index in [1.165, 1.54) is 48.3 Å². The van der Waals surface area contributed by atoms with E-state index in [0.717, 1.165) is 0 Å². The number of carbonyl (C=O) groups excluding carboxylic acids is 2. The van der Waals surface area contributed by atoms with E-state index in [2.05, 4.69) is 5.32 Å². The highest BCUT2D eigenvalue weighted by Crippen LogP contribution is 2.39. The van der Waals surface area contributed by atoms with Gasteiger partial charge in [-0.25, -0.2) is 4.39 Å². The normalized spacial score (nSPS) is 12.0. The molecule has 2 aromatic rings.